The molecule has 5 nitrogen and oxygen atoms in total. The fourth-order valence-corrected chi connectivity index (χ4v) is 2.39. The molecule has 108 valence electrons. The molecule has 0 atom stereocenters. The lowest BCUT2D eigenvalue weighted by atomic mass is 10.1. The van der Waals surface area contributed by atoms with Crippen LogP contribution < -0.4 is 5.32 Å². The molecule has 2 aromatic rings. The molecule has 1 amide bonds. The highest BCUT2D eigenvalue weighted by molar-refractivity contribution is 7.14. The Morgan fingerprint density at radius 1 is 1.33 bits per heavy atom. The summed E-state index contributed by atoms with van der Waals surface area (Å²) in [6.07, 6.45) is 4.50. The second kappa shape index (κ2) is 6.81. The first kappa shape index (κ1) is 14.9. The minimum absolute atomic E-state index is 0.140. The largest absolute Gasteiger partial charge is 0.478 e. The van der Waals surface area contributed by atoms with Gasteiger partial charge in [-0.1, -0.05) is 18.2 Å². The minimum atomic E-state index is -0.926. The van der Waals surface area contributed by atoms with Gasteiger partial charge in [0.15, 0.2) is 5.13 Å². The van der Waals surface area contributed by atoms with Crippen LogP contribution in [0.4, 0.5) is 5.13 Å². The molecular weight excluding hydrogens is 288 g/mol. The van der Waals surface area contributed by atoms with Gasteiger partial charge in [-0.25, -0.2) is 9.78 Å². The summed E-state index contributed by atoms with van der Waals surface area (Å²) in [4.78, 5) is 25.9. The number of hydrogen-bond donors (Lipinski definition) is 2. The lowest BCUT2D eigenvalue weighted by molar-refractivity contribution is -0.114. The maximum absolute atomic E-state index is 10.9. The Balaban J connectivity index is 1.94. The van der Waals surface area contributed by atoms with Crippen LogP contribution in [-0.2, 0) is 11.2 Å². The van der Waals surface area contributed by atoms with Crippen LogP contribution in [0.15, 0.2) is 35.7 Å². The van der Waals surface area contributed by atoms with Crippen LogP contribution in [0.2, 0.25) is 0 Å². The molecular formula is C15H14N2O3S. The van der Waals surface area contributed by atoms with Crippen LogP contribution in [-0.4, -0.2) is 22.0 Å². The Kier molecular flexibility index (Phi) is 4.84. The van der Waals surface area contributed by atoms with Gasteiger partial charge in [0, 0.05) is 12.3 Å². The summed E-state index contributed by atoms with van der Waals surface area (Å²) < 4.78 is 0. The van der Waals surface area contributed by atoms with Crippen molar-refractivity contribution in [1.82, 2.24) is 4.98 Å². The normalized spacial score (nSPS) is 10.7. The van der Waals surface area contributed by atoms with Crippen molar-refractivity contribution < 1.29 is 14.7 Å². The number of nitrogens with one attached hydrogen (secondary N) is 1. The molecule has 0 radical (unpaired) electrons. The summed E-state index contributed by atoms with van der Waals surface area (Å²) in [5.41, 5.74) is 2.08. The number of aromatic carboxylic acids is 1. The van der Waals surface area contributed by atoms with E-state index in [2.05, 4.69) is 10.3 Å². The van der Waals surface area contributed by atoms with Crippen molar-refractivity contribution in [2.24, 2.45) is 0 Å². The molecule has 0 unspecified atom stereocenters. The maximum Gasteiger partial charge on any atom is 0.335 e. The standard InChI is InChI=1S/C15H14N2O3S/c1-10(18)16-15-17-13(9-21-15)4-2-3-11-5-7-12(8-6-11)14(19)20/h2,4-9H,3H2,1H3,(H,19,20)(H,16,17,18)/b4-2+. The summed E-state index contributed by atoms with van der Waals surface area (Å²) in [6, 6.07) is 6.75. The zero-order valence-corrected chi connectivity index (χ0v) is 12.2. The number of anilines is 1. The molecule has 0 aliphatic rings. The fraction of sp³-hybridized carbons (Fsp3) is 0.133. The molecule has 1 aromatic carbocycles. The second-order valence-corrected chi connectivity index (χ2v) is 5.23. The number of carbonyl (C=O) groups excluding carboxylic acids is 1. The third-order valence-electron chi connectivity index (χ3n) is 2.65. The van der Waals surface area contributed by atoms with E-state index in [1.165, 1.54) is 18.3 Å². The molecule has 0 aliphatic heterocycles. The Morgan fingerprint density at radius 3 is 2.67 bits per heavy atom. The zero-order chi connectivity index (χ0) is 15.2. The third kappa shape index (κ3) is 4.54. The second-order valence-electron chi connectivity index (χ2n) is 4.37. The van der Waals surface area contributed by atoms with E-state index in [4.69, 9.17) is 5.11 Å². The third-order valence-corrected chi connectivity index (χ3v) is 3.42. The van der Waals surface area contributed by atoms with E-state index in [1.807, 2.05) is 17.5 Å². The highest BCUT2D eigenvalue weighted by Crippen LogP contribution is 2.16. The Hall–Kier alpha value is -2.47. The maximum atomic E-state index is 10.9. The first-order valence-corrected chi connectivity index (χ1v) is 7.14. The number of aromatic nitrogens is 1. The average Bonchev–Trinajstić information content (AvgIpc) is 2.86. The first-order chi connectivity index (χ1) is 10.0. The fourth-order valence-electron chi connectivity index (χ4n) is 1.67. The van der Waals surface area contributed by atoms with Crippen molar-refractivity contribution in [1.29, 1.82) is 0 Å². The van der Waals surface area contributed by atoms with E-state index in [-0.39, 0.29) is 11.5 Å². The van der Waals surface area contributed by atoms with Gasteiger partial charge in [-0.05, 0) is 30.2 Å². The van der Waals surface area contributed by atoms with Crippen LogP contribution in [0.3, 0.4) is 0 Å². The van der Waals surface area contributed by atoms with Gasteiger partial charge in [-0.2, -0.15) is 0 Å². The molecule has 2 rings (SSSR count). The molecule has 21 heavy (non-hydrogen) atoms. The Morgan fingerprint density at radius 2 is 2.05 bits per heavy atom. The molecule has 0 bridgehead atoms. The highest BCUT2D eigenvalue weighted by atomic mass is 32.1. The van der Waals surface area contributed by atoms with Crippen molar-refractivity contribution in [2.45, 2.75) is 13.3 Å². The zero-order valence-electron chi connectivity index (χ0n) is 11.4. The average molecular weight is 302 g/mol. The summed E-state index contributed by atoms with van der Waals surface area (Å²) in [7, 11) is 0. The van der Waals surface area contributed by atoms with Crippen molar-refractivity contribution in [2.75, 3.05) is 5.32 Å². The van der Waals surface area contributed by atoms with E-state index < -0.39 is 5.97 Å². The van der Waals surface area contributed by atoms with E-state index >= 15 is 0 Å². The summed E-state index contributed by atoms with van der Waals surface area (Å²) >= 11 is 1.37. The number of hydrogen-bond acceptors (Lipinski definition) is 4. The van der Waals surface area contributed by atoms with E-state index in [1.54, 1.807) is 24.3 Å². The van der Waals surface area contributed by atoms with Crippen LogP contribution in [0.5, 0.6) is 0 Å². The molecule has 1 heterocycles. The number of carboxylic acid groups (broad SMARTS) is 1. The number of allylic oxidation sites excluding steroid dienone is 1. The SMILES string of the molecule is CC(=O)Nc1nc(/C=C/Cc2ccc(C(=O)O)cc2)cs1. The predicted octanol–water partition coefficient (Wildman–Crippen LogP) is 3.06. The molecule has 0 saturated carbocycles. The van der Waals surface area contributed by atoms with Crippen molar-refractivity contribution in [3.63, 3.8) is 0 Å². The minimum Gasteiger partial charge on any atom is -0.478 e. The molecule has 0 fully saturated rings. The molecule has 6 heteroatoms. The van der Waals surface area contributed by atoms with E-state index in [0.29, 0.717) is 11.6 Å². The van der Waals surface area contributed by atoms with Gasteiger partial charge in [0.25, 0.3) is 0 Å². The number of benzene rings is 1. The Bertz CT molecular complexity index is 674. The van der Waals surface area contributed by atoms with Crippen molar-refractivity contribution in [3.05, 3.63) is 52.5 Å². The number of nitrogens with zero attached hydrogens (tertiary/aromatic N) is 1. The Labute approximate surface area is 126 Å². The van der Waals surface area contributed by atoms with Crippen LogP contribution in [0.1, 0.15) is 28.5 Å². The number of amides is 1. The number of thiazole rings is 1. The molecule has 0 saturated heterocycles. The lowest BCUT2D eigenvalue weighted by Gasteiger charge is -1.97. The van der Waals surface area contributed by atoms with Crippen LogP contribution >= 0.6 is 11.3 Å². The molecule has 1 aromatic heterocycles. The predicted molar refractivity (Wildman–Crippen MR) is 82.6 cm³/mol. The number of carbonyl (C=O) groups is 2. The smallest absolute Gasteiger partial charge is 0.335 e. The number of carboxylic acids is 1. The molecule has 0 aliphatic carbocycles. The van der Waals surface area contributed by atoms with Gasteiger partial charge in [0.2, 0.25) is 5.91 Å². The van der Waals surface area contributed by atoms with E-state index in [0.717, 1.165) is 11.3 Å². The topological polar surface area (TPSA) is 79.3 Å². The quantitative estimate of drug-likeness (QED) is 0.889. The molecule has 0 spiro atoms. The monoisotopic (exact) mass is 302 g/mol. The van der Waals surface area contributed by atoms with Gasteiger partial charge in [0.05, 0.1) is 11.3 Å². The molecule has 2 N–H and O–H groups in total. The van der Waals surface area contributed by atoms with Crippen molar-refractivity contribution in [3.8, 4) is 0 Å². The van der Waals surface area contributed by atoms with Crippen LogP contribution in [0, 0.1) is 0 Å². The highest BCUT2D eigenvalue weighted by Gasteiger charge is 2.02. The first-order valence-electron chi connectivity index (χ1n) is 6.26. The summed E-state index contributed by atoms with van der Waals surface area (Å²) in [6.45, 7) is 1.44. The number of rotatable bonds is 5. The van der Waals surface area contributed by atoms with Gasteiger partial charge in [-0.3, -0.25) is 4.79 Å². The van der Waals surface area contributed by atoms with Crippen LogP contribution in [0.25, 0.3) is 6.08 Å². The lowest BCUT2D eigenvalue weighted by Crippen LogP contribution is -2.04. The van der Waals surface area contributed by atoms with Gasteiger partial charge in [-0.15, -0.1) is 11.3 Å². The van der Waals surface area contributed by atoms with E-state index in [9.17, 15) is 9.59 Å². The van der Waals surface area contributed by atoms with Gasteiger partial charge in [0.1, 0.15) is 0 Å². The summed E-state index contributed by atoms with van der Waals surface area (Å²) in [5, 5.41) is 13.9. The van der Waals surface area contributed by atoms with Crippen molar-refractivity contribution >= 4 is 34.4 Å². The van der Waals surface area contributed by atoms with Gasteiger partial charge >= 0.3 is 5.97 Å². The summed E-state index contributed by atoms with van der Waals surface area (Å²) in [5.74, 6) is -1.07. The van der Waals surface area contributed by atoms with Gasteiger partial charge < -0.3 is 10.4 Å².